The Balaban J connectivity index is -0.000000845. The Labute approximate surface area is 97.4 Å². The molecule has 0 fully saturated rings. The fourth-order valence-corrected chi connectivity index (χ4v) is 0.666. The second kappa shape index (κ2) is 6.79. The standard InChI is InChI=1S/C6H10O8.Li.H/c7-1(3(9)5(11)12)2(8)4(10)6(13)14;;/h1-4,7-10H,(H,11,12)(H,13,14);;/q;+1;-1. The van der Waals surface area contributed by atoms with Crippen molar-refractivity contribution in [1.82, 2.24) is 0 Å². The van der Waals surface area contributed by atoms with E-state index in [1.54, 1.807) is 0 Å². The second-order valence-corrected chi connectivity index (χ2v) is 2.55. The van der Waals surface area contributed by atoms with E-state index in [0.717, 1.165) is 0 Å². The average Bonchev–Trinajstić information content (AvgIpc) is 2.12. The number of hydrogen-bond acceptors (Lipinski definition) is 6. The largest absolute Gasteiger partial charge is 1.00 e. The molecule has 84 valence electrons. The summed E-state index contributed by atoms with van der Waals surface area (Å²) in [5, 5.41) is 51.5. The van der Waals surface area contributed by atoms with Gasteiger partial charge in [-0.3, -0.25) is 0 Å². The van der Waals surface area contributed by atoms with Gasteiger partial charge in [-0.25, -0.2) is 9.59 Å². The second-order valence-electron chi connectivity index (χ2n) is 2.55. The van der Waals surface area contributed by atoms with Gasteiger partial charge in [0.05, 0.1) is 0 Å². The molecule has 0 aromatic rings. The van der Waals surface area contributed by atoms with Crippen LogP contribution >= 0.6 is 0 Å². The van der Waals surface area contributed by atoms with E-state index in [1.165, 1.54) is 0 Å². The van der Waals surface area contributed by atoms with Crippen LogP contribution in [0.1, 0.15) is 1.43 Å². The van der Waals surface area contributed by atoms with Crippen LogP contribution < -0.4 is 18.9 Å². The molecule has 0 amide bonds. The Hall–Kier alpha value is -0.623. The van der Waals surface area contributed by atoms with Crippen LogP contribution in [0.5, 0.6) is 0 Å². The molecule has 6 N–H and O–H groups in total. The third kappa shape index (κ3) is 4.61. The van der Waals surface area contributed by atoms with Gasteiger partial charge in [-0.1, -0.05) is 0 Å². The van der Waals surface area contributed by atoms with Crippen LogP contribution in [0.3, 0.4) is 0 Å². The molecule has 0 heterocycles. The van der Waals surface area contributed by atoms with E-state index < -0.39 is 36.4 Å². The van der Waals surface area contributed by atoms with Gasteiger partial charge in [0.25, 0.3) is 0 Å². The molecule has 15 heavy (non-hydrogen) atoms. The summed E-state index contributed by atoms with van der Waals surface area (Å²) in [5.41, 5.74) is 0. The minimum atomic E-state index is -2.36. The van der Waals surface area contributed by atoms with Crippen molar-refractivity contribution in [2.24, 2.45) is 0 Å². The maximum Gasteiger partial charge on any atom is 1.00 e. The number of aliphatic carboxylic acids is 2. The van der Waals surface area contributed by atoms with Gasteiger partial charge in [-0.2, -0.15) is 0 Å². The van der Waals surface area contributed by atoms with E-state index in [2.05, 4.69) is 0 Å². The van der Waals surface area contributed by atoms with Crippen LogP contribution in [0.4, 0.5) is 0 Å². The third-order valence-electron chi connectivity index (χ3n) is 1.50. The molecule has 9 heteroatoms. The van der Waals surface area contributed by atoms with Gasteiger partial charge in [0, 0.05) is 0 Å². The summed E-state index contributed by atoms with van der Waals surface area (Å²) in [7, 11) is 0. The average molecular weight is 218 g/mol. The number of carbonyl (C=O) groups is 2. The number of aliphatic hydroxyl groups is 4. The Bertz CT molecular complexity index is 213. The first kappa shape index (κ1) is 16.8. The molecule has 0 aromatic heterocycles. The van der Waals surface area contributed by atoms with Crippen LogP contribution in [-0.2, 0) is 9.59 Å². The summed E-state index contributed by atoms with van der Waals surface area (Å²) in [6.07, 6.45) is -9.28. The number of hydrogen-bond donors (Lipinski definition) is 6. The molecule has 0 aliphatic carbocycles. The molecule has 4 unspecified atom stereocenters. The Morgan fingerprint density at radius 3 is 1.13 bits per heavy atom. The molecule has 8 nitrogen and oxygen atoms in total. The third-order valence-corrected chi connectivity index (χ3v) is 1.50. The summed E-state index contributed by atoms with van der Waals surface area (Å²) < 4.78 is 0. The first-order valence-electron chi connectivity index (χ1n) is 3.47. The SMILES string of the molecule is O=C(O)C(O)C(O)C(O)C(O)C(=O)O.[H-].[Li+]. The predicted octanol–water partition coefficient (Wildman–Crippen LogP) is -6.28. The molecule has 4 atom stereocenters. The van der Waals surface area contributed by atoms with Crippen LogP contribution in [0.15, 0.2) is 0 Å². The zero-order chi connectivity index (χ0) is 11.5. The Morgan fingerprint density at radius 2 is 1.00 bits per heavy atom. The van der Waals surface area contributed by atoms with Crippen molar-refractivity contribution in [1.29, 1.82) is 0 Å². The van der Waals surface area contributed by atoms with Gasteiger partial charge >= 0.3 is 30.8 Å². The van der Waals surface area contributed by atoms with Gasteiger partial charge < -0.3 is 32.1 Å². The molecule has 0 saturated heterocycles. The van der Waals surface area contributed by atoms with Crippen LogP contribution in [-0.4, -0.2) is 67.0 Å². The van der Waals surface area contributed by atoms with Crippen molar-refractivity contribution in [2.45, 2.75) is 24.4 Å². The molecular formula is C6H11LiO8. The maximum absolute atomic E-state index is 10.1. The molecule has 0 aliphatic rings. The Kier molecular flexibility index (Phi) is 7.60. The maximum atomic E-state index is 10.1. The molecule has 0 radical (unpaired) electrons. The van der Waals surface area contributed by atoms with Crippen molar-refractivity contribution in [2.75, 3.05) is 0 Å². The monoisotopic (exact) mass is 218 g/mol. The predicted molar refractivity (Wildman–Crippen MR) is 40.4 cm³/mol. The smallest absolute Gasteiger partial charge is 1.00 e. The van der Waals surface area contributed by atoms with Crippen molar-refractivity contribution in [3.05, 3.63) is 0 Å². The molecule has 0 spiro atoms. The molecule has 0 rings (SSSR count). The van der Waals surface area contributed by atoms with Gasteiger partial charge in [0.15, 0.2) is 12.2 Å². The summed E-state index contributed by atoms with van der Waals surface area (Å²) in [6.45, 7) is 0. The summed E-state index contributed by atoms with van der Waals surface area (Å²) in [6, 6.07) is 0. The van der Waals surface area contributed by atoms with E-state index in [4.69, 9.17) is 30.6 Å². The molecule has 0 aromatic carbocycles. The van der Waals surface area contributed by atoms with Crippen molar-refractivity contribution in [3.8, 4) is 0 Å². The van der Waals surface area contributed by atoms with E-state index >= 15 is 0 Å². The fraction of sp³-hybridized carbons (Fsp3) is 0.667. The minimum absolute atomic E-state index is 0. The minimum Gasteiger partial charge on any atom is -1.00 e. The van der Waals surface area contributed by atoms with Gasteiger partial charge in [-0.05, 0) is 0 Å². The summed E-state index contributed by atoms with van der Waals surface area (Å²) in [4.78, 5) is 20.2. The van der Waals surface area contributed by atoms with Gasteiger partial charge in [-0.15, -0.1) is 0 Å². The number of rotatable bonds is 5. The number of carboxylic acid groups (broad SMARTS) is 2. The fourth-order valence-electron chi connectivity index (χ4n) is 0.666. The topological polar surface area (TPSA) is 156 Å². The van der Waals surface area contributed by atoms with Crippen molar-refractivity contribution in [3.63, 3.8) is 0 Å². The van der Waals surface area contributed by atoms with Crippen molar-refractivity contribution < 1.29 is 60.5 Å². The van der Waals surface area contributed by atoms with E-state index in [0.29, 0.717) is 0 Å². The van der Waals surface area contributed by atoms with E-state index in [1.807, 2.05) is 0 Å². The molecule has 0 aliphatic heterocycles. The molecule has 0 bridgehead atoms. The first-order valence-corrected chi connectivity index (χ1v) is 3.47. The number of aliphatic hydroxyl groups excluding tert-OH is 4. The zero-order valence-corrected chi connectivity index (χ0v) is 7.81. The molecular weight excluding hydrogens is 207 g/mol. The summed E-state index contributed by atoms with van der Waals surface area (Å²) >= 11 is 0. The Morgan fingerprint density at radius 1 is 0.800 bits per heavy atom. The van der Waals surface area contributed by atoms with Crippen molar-refractivity contribution >= 4 is 11.9 Å². The summed E-state index contributed by atoms with van der Waals surface area (Å²) in [5.74, 6) is -3.68. The van der Waals surface area contributed by atoms with E-state index in [-0.39, 0.29) is 20.3 Å². The first-order chi connectivity index (χ1) is 6.29. The normalized spacial score (nSPS) is 18.1. The van der Waals surface area contributed by atoms with E-state index in [9.17, 15) is 9.59 Å². The van der Waals surface area contributed by atoms with Gasteiger partial charge in [0.2, 0.25) is 0 Å². The zero-order valence-electron chi connectivity index (χ0n) is 8.81. The van der Waals surface area contributed by atoms with Gasteiger partial charge in [0.1, 0.15) is 12.2 Å². The van der Waals surface area contributed by atoms with Crippen LogP contribution in [0.2, 0.25) is 0 Å². The number of carboxylic acids is 2. The molecule has 0 saturated carbocycles. The van der Waals surface area contributed by atoms with Crippen LogP contribution in [0.25, 0.3) is 0 Å². The van der Waals surface area contributed by atoms with Crippen LogP contribution in [0, 0.1) is 0 Å². The quantitative estimate of drug-likeness (QED) is 0.249.